The average molecular weight is 172 g/mol. The molecule has 2 N–H and O–H groups in total. The Morgan fingerprint density at radius 2 is 2.17 bits per heavy atom. The molecule has 0 unspecified atom stereocenters. The van der Waals surface area contributed by atoms with Crippen LogP contribution in [0, 0.1) is 5.92 Å². The first-order valence-electron chi connectivity index (χ1n) is 4.76. The third-order valence-corrected chi connectivity index (χ3v) is 2.15. The first kappa shape index (κ1) is 9.96. The van der Waals surface area contributed by atoms with E-state index in [1.807, 2.05) is 0 Å². The van der Waals surface area contributed by atoms with Gasteiger partial charge in [-0.1, -0.05) is 13.8 Å². The quantitative estimate of drug-likeness (QED) is 0.648. The van der Waals surface area contributed by atoms with Crippen molar-refractivity contribution in [1.29, 1.82) is 0 Å². The third-order valence-electron chi connectivity index (χ3n) is 2.15. The van der Waals surface area contributed by atoms with Crippen LogP contribution in [0.3, 0.4) is 0 Å². The molecule has 1 rings (SSSR count). The summed E-state index contributed by atoms with van der Waals surface area (Å²) in [6.07, 6.45) is 0. The fourth-order valence-corrected chi connectivity index (χ4v) is 1.49. The van der Waals surface area contributed by atoms with Crippen LogP contribution < -0.4 is 5.73 Å². The van der Waals surface area contributed by atoms with Gasteiger partial charge in [-0.15, -0.1) is 0 Å². The lowest BCUT2D eigenvalue weighted by Crippen LogP contribution is -2.51. The van der Waals surface area contributed by atoms with Crippen LogP contribution in [0.1, 0.15) is 13.8 Å². The van der Waals surface area contributed by atoms with Crippen molar-refractivity contribution in [1.82, 2.24) is 4.90 Å². The summed E-state index contributed by atoms with van der Waals surface area (Å²) in [5, 5.41) is 0. The lowest BCUT2D eigenvalue weighted by atomic mass is 10.1. The van der Waals surface area contributed by atoms with Crippen molar-refractivity contribution in [2.75, 3.05) is 32.8 Å². The average Bonchev–Trinajstić information content (AvgIpc) is 1.81. The van der Waals surface area contributed by atoms with Crippen LogP contribution in [0.4, 0.5) is 0 Å². The van der Waals surface area contributed by atoms with Gasteiger partial charge in [0.05, 0.1) is 19.3 Å². The molecule has 0 atom stereocenters. The summed E-state index contributed by atoms with van der Waals surface area (Å²) in [5.41, 5.74) is 5.54. The Labute approximate surface area is 74.9 Å². The molecule has 0 aromatic carbocycles. The molecule has 0 saturated carbocycles. The molecular formula is C9H20N2O. The van der Waals surface area contributed by atoms with Crippen LogP contribution in [0.2, 0.25) is 0 Å². The molecule has 0 radical (unpaired) electrons. The maximum Gasteiger partial charge on any atom is 0.0645 e. The van der Waals surface area contributed by atoms with Gasteiger partial charge in [-0.2, -0.15) is 0 Å². The fourth-order valence-electron chi connectivity index (χ4n) is 1.49. The van der Waals surface area contributed by atoms with Gasteiger partial charge in [0.15, 0.2) is 0 Å². The molecule has 12 heavy (non-hydrogen) atoms. The lowest BCUT2D eigenvalue weighted by molar-refractivity contribution is -0.0668. The second kappa shape index (κ2) is 4.80. The van der Waals surface area contributed by atoms with Gasteiger partial charge in [-0.05, 0) is 5.92 Å². The summed E-state index contributed by atoms with van der Waals surface area (Å²) >= 11 is 0. The minimum absolute atomic E-state index is 0.635. The third kappa shape index (κ3) is 2.73. The number of ether oxygens (including phenoxy) is 1. The zero-order chi connectivity index (χ0) is 8.97. The van der Waals surface area contributed by atoms with Crippen molar-refractivity contribution in [3.05, 3.63) is 0 Å². The van der Waals surface area contributed by atoms with Crippen molar-refractivity contribution < 1.29 is 4.74 Å². The maximum absolute atomic E-state index is 5.54. The van der Waals surface area contributed by atoms with E-state index in [0.29, 0.717) is 6.04 Å². The monoisotopic (exact) mass is 172 g/mol. The van der Waals surface area contributed by atoms with E-state index in [9.17, 15) is 0 Å². The van der Waals surface area contributed by atoms with E-state index in [0.717, 1.165) is 38.8 Å². The number of rotatable bonds is 5. The summed E-state index contributed by atoms with van der Waals surface area (Å²) in [5.74, 6) is 0.720. The minimum Gasteiger partial charge on any atom is -0.378 e. The molecule has 0 bridgehead atoms. The van der Waals surface area contributed by atoms with Crippen molar-refractivity contribution >= 4 is 0 Å². The Morgan fingerprint density at radius 3 is 2.50 bits per heavy atom. The molecule has 72 valence electrons. The van der Waals surface area contributed by atoms with Crippen molar-refractivity contribution in [3.8, 4) is 0 Å². The fraction of sp³-hybridized carbons (Fsp3) is 1.00. The van der Waals surface area contributed by atoms with Gasteiger partial charge in [0.25, 0.3) is 0 Å². The molecule has 3 heteroatoms. The van der Waals surface area contributed by atoms with Crippen molar-refractivity contribution in [2.24, 2.45) is 11.7 Å². The molecule has 0 spiro atoms. The van der Waals surface area contributed by atoms with Gasteiger partial charge in [0, 0.05) is 19.6 Å². The number of nitrogens with zero attached hydrogens (tertiary/aromatic N) is 1. The Hall–Kier alpha value is -0.120. The van der Waals surface area contributed by atoms with Gasteiger partial charge in [0.1, 0.15) is 0 Å². The predicted molar refractivity (Wildman–Crippen MR) is 50.1 cm³/mol. The standard InChI is InChI=1S/C9H20N2O/c1-8(2)5-11(4-3-10)9-6-12-7-9/h8-9H,3-7,10H2,1-2H3. The van der Waals surface area contributed by atoms with Crippen LogP contribution >= 0.6 is 0 Å². The van der Waals surface area contributed by atoms with Gasteiger partial charge >= 0.3 is 0 Å². The largest absolute Gasteiger partial charge is 0.378 e. The zero-order valence-electron chi connectivity index (χ0n) is 8.12. The first-order chi connectivity index (χ1) is 5.74. The SMILES string of the molecule is CC(C)CN(CCN)C1COC1. The Kier molecular flexibility index (Phi) is 3.98. The van der Waals surface area contributed by atoms with Crippen LogP contribution in [0.25, 0.3) is 0 Å². The van der Waals surface area contributed by atoms with Crippen LogP contribution in [0.5, 0.6) is 0 Å². The van der Waals surface area contributed by atoms with E-state index in [2.05, 4.69) is 18.7 Å². The topological polar surface area (TPSA) is 38.5 Å². The molecule has 0 aromatic heterocycles. The minimum atomic E-state index is 0.635. The molecule has 1 fully saturated rings. The Bertz CT molecular complexity index is 124. The second-order valence-corrected chi connectivity index (χ2v) is 3.87. The molecule has 0 aliphatic carbocycles. The molecule has 3 nitrogen and oxygen atoms in total. The second-order valence-electron chi connectivity index (χ2n) is 3.87. The van der Waals surface area contributed by atoms with Gasteiger partial charge in [-0.3, -0.25) is 4.90 Å². The highest BCUT2D eigenvalue weighted by Crippen LogP contribution is 2.11. The summed E-state index contributed by atoms with van der Waals surface area (Å²) in [6, 6.07) is 0.635. The molecule has 1 aliphatic rings. The van der Waals surface area contributed by atoms with Gasteiger partial charge < -0.3 is 10.5 Å². The van der Waals surface area contributed by atoms with E-state index in [1.54, 1.807) is 0 Å². The van der Waals surface area contributed by atoms with E-state index >= 15 is 0 Å². The van der Waals surface area contributed by atoms with Crippen LogP contribution in [-0.4, -0.2) is 43.8 Å². The summed E-state index contributed by atoms with van der Waals surface area (Å²) in [7, 11) is 0. The van der Waals surface area contributed by atoms with Gasteiger partial charge in [0.2, 0.25) is 0 Å². The highest BCUT2D eigenvalue weighted by atomic mass is 16.5. The highest BCUT2D eigenvalue weighted by molar-refractivity contribution is 4.78. The summed E-state index contributed by atoms with van der Waals surface area (Å²) < 4.78 is 5.16. The molecule has 0 amide bonds. The normalized spacial score (nSPS) is 18.8. The smallest absolute Gasteiger partial charge is 0.0645 e. The molecule has 0 aromatic rings. The van der Waals surface area contributed by atoms with E-state index in [4.69, 9.17) is 10.5 Å². The molecule has 1 saturated heterocycles. The molecule has 1 heterocycles. The Balaban J connectivity index is 2.26. The van der Waals surface area contributed by atoms with E-state index in [-0.39, 0.29) is 0 Å². The summed E-state index contributed by atoms with van der Waals surface area (Å²) in [6.45, 7) is 9.17. The van der Waals surface area contributed by atoms with Crippen molar-refractivity contribution in [3.63, 3.8) is 0 Å². The van der Waals surface area contributed by atoms with Crippen LogP contribution in [-0.2, 0) is 4.74 Å². The predicted octanol–water partition coefficient (Wildman–Crippen LogP) is 0.302. The number of hydrogen-bond donors (Lipinski definition) is 1. The number of hydrogen-bond acceptors (Lipinski definition) is 3. The van der Waals surface area contributed by atoms with E-state index < -0.39 is 0 Å². The highest BCUT2D eigenvalue weighted by Gasteiger charge is 2.25. The van der Waals surface area contributed by atoms with Crippen LogP contribution in [0.15, 0.2) is 0 Å². The van der Waals surface area contributed by atoms with Crippen molar-refractivity contribution in [2.45, 2.75) is 19.9 Å². The maximum atomic E-state index is 5.54. The Morgan fingerprint density at radius 1 is 1.50 bits per heavy atom. The first-order valence-corrected chi connectivity index (χ1v) is 4.76. The lowest BCUT2D eigenvalue weighted by Gasteiger charge is -2.38. The van der Waals surface area contributed by atoms with Gasteiger partial charge in [-0.25, -0.2) is 0 Å². The molecular weight excluding hydrogens is 152 g/mol. The number of nitrogens with two attached hydrogens (primary N) is 1. The zero-order valence-corrected chi connectivity index (χ0v) is 8.12. The van der Waals surface area contributed by atoms with E-state index in [1.165, 1.54) is 0 Å². The summed E-state index contributed by atoms with van der Waals surface area (Å²) in [4.78, 5) is 2.44. The molecule has 1 aliphatic heterocycles.